The van der Waals surface area contributed by atoms with Gasteiger partial charge in [0.1, 0.15) is 0 Å². The molecule has 1 heterocycles. The molecule has 3 heteroatoms. The first-order valence-corrected chi connectivity index (χ1v) is 5.23. The maximum absolute atomic E-state index is 5.47. The van der Waals surface area contributed by atoms with Crippen LogP contribution in [0.4, 0.5) is 0 Å². The normalized spacial score (nSPS) is 11.1. The van der Waals surface area contributed by atoms with Crippen LogP contribution in [0.25, 0.3) is 0 Å². The fraction of sp³-hybridized carbons (Fsp3) is 0.636. The van der Waals surface area contributed by atoms with Crippen molar-refractivity contribution in [3.8, 4) is 0 Å². The van der Waals surface area contributed by atoms with Crippen LogP contribution in [0.3, 0.4) is 0 Å². The van der Waals surface area contributed by atoms with Gasteiger partial charge in [0.25, 0.3) is 0 Å². The Morgan fingerprint density at radius 2 is 2.21 bits per heavy atom. The van der Waals surface area contributed by atoms with Crippen LogP contribution in [0.1, 0.15) is 12.1 Å². The molecule has 0 aliphatic rings. The van der Waals surface area contributed by atoms with Gasteiger partial charge in [0.2, 0.25) is 0 Å². The molecule has 0 amide bonds. The molecule has 0 fully saturated rings. The van der Waals surface area contributed by atoms with Crippen LogP contribution >= 0.6 is 0 Å². The Bertz CT molecular complexity index is 255. The first-order chi connectivity index (χ1) is 6.74. The minimum Gasteiger partial charge on any atom is -0.354 e. The molecule has 0 aliphatic heterocycles. The van der Waals surface area contributed by atoms with Crippen LogP contribution < -0.4 is 5.73 Å². The van der Waals surface area contributed by atoms with Gasteiger partial charge in [0, 0.05) is 32.0 Å². The fourth-order valence-corrected chi connectivity index (χ4v) is 1.62. The summed E-state index contributed by atoms with van der Waals surface area (Å²) in [4.78, 5) is 2.28. The first kappa shape index (κ1) is 11.3. The molecule has 0 saturated carbocycles. The lowest BCUT2D eigenvalue weighted by molar-refractivity contribution is 0.337. The van der Waals surface area contributed by atoms with E-state index < -0.39 is 0 Å². The molecule has 0 aromatic carbocycles. The van der Waals surface area contributed by atoms with Crippen molar-refractivity contribution in [1.29, 1.82) is 0 Å². The summed E-state index contributed by atoms with van der Waals surface area (Å²) >= 11 is 0. The number of rotatable bonds is 6. The molecule has 0 unspecified atom stereocenters. The third kappa shape index (κ3) is 3.52. The fourth-order valence-electron chi connectivity index (χ4n) is 1.62. The van der Waals surface area contributed by atoms with Gasteiger partial charge >= 0.3 is 0 Å². The monoisotopic (exact) mass is 195 g/mol. The zero-order valence-corrected chi connectivity index (χ0v) is 9.24. The van der Waals surface area contributed by atoms with Crippen LogP contribution in [0.15, 0.2) is 18.3 Å². The second-order valence-electron chi connectivity index (χ2n) is 3.81. The lowest BCUT2D eigenvalue weighted by Crippen LogP contribution is -2.26. The molecule has 2 N–H and O–H groups in total. The average Bonchev–Trinajstić information content (AvgIpc) is 2.52. The predicted molar refractivity (Wildman–Crippen MR) is 60.3 cm³/mol. The summed E-state index contributed by atoms with van der Waals surface area (Å²) in [7, 11) is 4.22. The van der Waals surface area contributed by atoms with Crippen LogP contribution in [0, 0.1) is 0 Å². The predicted octanol–water partition coefficient (Wildman–Crippen LogP) is 0.848. The topological polar surface area (TPSA) is 34.2 Å². The van der Waals surface area contributed by atoms with E-state index in [0.717, 1.165) is 26.1 Å². The van der Waals surface area contributed by atoms with Crippen molar-refractivity contribution in [2.75, 3.05) is 26.7 Å². The second-order valence-corrected chi connectivity index (χ2v) is 3.81. The third-order valence-electron chi connectivity index (χ3n) is 2.53. The molecule has 0 saturated heterocycles. The Morgan fingerprint density at radius 3 is 2.79 bits per heavy atom. The summed E-state index contributed by atoms with van der Waals surface area (Å²) in [6.07, 6.45) is 4.45. The maximum atomic E-state index is 5.47. The Hall–Kier alpha value is -0.800. The van der Waals surface area contributed by atoms with E-state index in [2.05, 4.69) is 41.9 Å². The highest BCUT2D eigenvalue weighted by molar-refractivity contribution is 5.06. The number of hydrogen-bond donors (Lipinski definition) is 1. The van der Waals surface area contributed by atoms with Gasteiger partial charge in [0.05, 0.1) is 0 Å². The van der Waals surface area contributed by atoms with E-state index in [4.69, 9.17) is 5.73 Å². The molecule has 1 aromatic heterocycles. The highest BCUT2D eigenvalue weighted by atomic mass is 15.1. The lowest BCUT2D eigenvalue weighted by Gasteiger charge is -2.14. The maximum Gasteiger partial charge on any atom is 0.0172 e. The highest BCUT2D eigenvalue weighted by Gasteiger charge is 1.99. The van der Waals surface area contributed by atoms with Crippen LogP contribution in [0.5, 0.6) is 0 Å². The Balaban J connectivity index is 2.19. The summed E-state index contributed by atoms with van der Waals surface area (Å²) in [5.74, 6) is 0. The van der Waals surface area contributed by atoms with E-state index in [-0.39, 0.29) is 0 Å². The third-order valence-corrected chi connectivity index (χ3v) is 2.53. The van der Waals surface area contributed by atoms with Gasteiger partial charge in [-0.1, -0.05) is 0 Å². The van der Waals surface area contributed by atoms with E-state index in [1.54, 1.807) is 0 Å². The minimum atomic E-state index is 0.751. The molecule has 0 radical (unpaired) electrons. The molecule has 1 aromatic rings. The summed E-state index contributed by atoms with van der Waals surface area (Å²) in [5.41, 5.74) is 6.88. The van der Waals surface area contributed by atoms with Gasteiger partial charge in [-0.25, -0.2) is 0 Å². The van der Waals surface area contributed by atoms with E-state index in [1.807, 2.05) is 0 Å². The molecule has 1 rings (SSSR count). The van der Waals surface area contributed by atoms with Gasteiger partial charge in [0.15, 0.2) is 0 Å². The Kier molecular flexibility index (Phi) is 4.70. The van der Waals surface area contributed by atoms with Crippen molar-refractivity contribution in [2.45, 2.75) is 12.8 Å². The zero-order chi connectivity index (χ0) is 10.4. The molecule has 0 atom stereocenters. The Labute approximate surface area is 86.5 Å². The van der Waals surface area contributed by atoms with Crippen LogP contribution in [0.2, 0.25) is 0 Å². The van der Waals surface area contributed by atoms with E-state index in [9.17, 15) is 0 Å². The number of hydrogen-bond acceptors (Lipinski definition) is 2. The number of nitrogens with two attached hydrogens (primary N) is 1. The largest absolute Gasteiger partial charge is 0.354 e. The number of aromatic nitrogens is 1. The summed E-state index contributed by atoms with van der Waals surface area (Å²) in [6.45, 7) is 2.87. The van der Waals surface area contributed by atoms with Crippen molar-refractivity contribution in [3.63, 3.8) is 0 Å². The molecular formula is C11H21N3. The molecule has 0 bridgehead atoms. The van der Waals surface area contributed by atoms with Gasteiger partial charge < -0.3 is 15.2 Å². The molecular weight excluding hydrogens is 174 g/mol. The Morgan fingerprint density at radius 1 is 1.43 bits per heavy atom. The highest BCUT2D eigenvalue weighted by Crippen LogP contribution is 2.03. The van der Waals surface area contributed by atoms with E-state index in [1.165, 1.54) is 12.1 Å². The van der Waals surface area contributed by atoms with Crippen molar-refractivity contribution >= 4 is 0 Å². The lowest BCUT2D eigenvalue weighted by atomic mass is 10.2. The second kappa shape index (κ2) is 5.83. The number of nitrogens with zero attached hydrogens (tertiary/aromatic N) is 2. The number of aryl methyl sites for hydroxylation is 2. The summed E-state index contributed by atoms with van der Waals surface area (Å²) < 4.78 is 2.18. The summed E-state index contributed by atoms with van der Waals surface area (Å²) in [5, 5.41) is 0. The van der Waals surface area contributed by atoms with Crippen molar-refractivity contribution in [2.24, 2.45) is 12.8 Å². The molecule has 0 aliphatic carbocycles. The molecule has 80 valence electrons. The van der Waals surface area contributed by atoms with Crippen molar-refractivity contribution < 1.29 is 0 Å². The van der Waals surface area contributed by atoms with Gasteiger partial charge in [-0.3, -0.25) is 0 Å². The van der Waals surface area contributed by atoms with E-state index >= 15 is 0 Å². The standard InChI is InChI=1S/C11H21N3/c1-13(10-7-12)8-3-5-11-6-4-9-14(11)2/h4,6,9H,3,5,7-8,10,12H2,1-2H3. The average molecular weight is 195 g/mol. The SMILES string of the molecule is CN(CCN)CCCc1cccn1C. The molecule has 14 heavy (non-hydrogen) atoms. The smallest absolute Gasteiger partial charge is 0.0172 e. The molecule has 0 spiro atoms. The first-order valence-electron chi connectivity index (χ1n) is 5.23. The van der Waals surface area contributed by atoms with Crippen molar-refractivity contribution in [1.82, 2.24) is 9.47 Å². The molecule has 3 nitrogen and oxygen atoms in total. The number of likely N-dealkylation sites (N-methyl/N-ethyl adjacent to an activating group) is 1. The van der Waals surface area contributed by atoms with Gasteiger partial charge in [-0.05, 0) is 38.6 Å². The zero-order valence-electron chi connectivity index (χ0n) is 9.24. The van der Waals surface area contributed by atoms with Crippen LogP contribution in [-0.2, 0) is 13.5 Å². The van der Waals surface area contributed by atoms with Gasteiger partial charge in [-0.2, -0.15) is 0 Å². The quantitative estimate of drug-likeness (QED) is 0.730. The van der Waals surface area contributed by atoms with Crippen LogP contribution in [-0.4, -0.2) is 36.1 Å². The summed E-state index contributed by atoms with van der Waals surface area (Å²) in [6, 6.07) is 4.28. The van der Waals surface area contributed by atoms with E-state index in [0.29, 0.717) is 0 Å². The van der Waals surface area contributed by atoms with Gasteiger partial charge in [-0.15, -0.1) is 0 Å². The minimum absolute atomic E-state index is 0.751. The van der Waals surface area contributed by atoms with Crippen molar-refractivity contribution in [3.05, 3.63) is 24.0 Å².